The zero-order valence-corrected chi connectivity index (χ0v) is 15.1. The summed E-state index contributed by atoms with van der Waals surface area (Å²) in [7, 11) is 0. The standard InChI is InChI=1S/C17H20BrN3S/c1-14-2-4-15(5-3-14)13-20-8-10-21(11-9-20)19-12-16-6-7-17(18)22-16/h2-7,12H,8-11,13H2,1H3/b19-12+. The number of hydrogen-bond acceptors (Lipinski definition) is 4. The van der Waals surface area contributed by atoms with Gasteiger partial charge in [-0.2, -0.15) is 5.10 Å². The molecule has 1 aliphatic heterocycles. The van der Waals surface area contributed by atoms with Crippen molar-refractivity contribution in [3.63, 3.8) is 0 Å². The summed E-state index contributed by atoms with van der Waals surface area (Å²) < 4.78 is 1.15. The SMILES string of the molecule is Cc1ccc(CN2CCN(/N=C/c3ccc(Br)s3)CC2)cc1. The van der Waals surface area contributed by atoms with Gasteiger partial charge in [-0.1, -0.05) is 29.8 Å². The van der Waals surface area contributed by atoms with E-state index >= 15 is 0 Å². The number of hydrazone groups is 1. The maximum Gasteiger partial charge on any atom is 0.0705 e. The Hall–Kier alpha value is -1.17. The van der Waals surface area contributed by atoms with Crippen LogP contribution in [0.15, 0.2) is 45.3 Å². The van der Waals surface area contributed by atoms with Crippen molar-refractivity contribution in [3.8, 4) is 0 Å². The van der Waals surface area contributed by atoms with Gasteiger partial charge in [0.05, 0.1) is 10.0 Å². The molecule has 0 radical (unpaired) electrons. The molecule has 116 valence electrons. The third-order valence-electron chi connectivity index (χ3n) is 3.82. The molecule has 0 atom stereocenters. The molecule has 1 saturated heterocycles. The van der Waals surface area contributed by atoms with Crippen LogP contribution in [-0.4, -0.2) is 42.3 Å². The lowest BCUT2D eigenvalue weighted by Crippen LogP contribution is -2.43. The van der Waals surface area contributed by atoms with E-state index in [0.29, 0.717) is 0 Å². The predicted molar refractivity (Wildman–Crippen MR) is 97.6 cm³/mol. The fourth-order valence-electron chi connectivity index (χ4n) is 2.50. The van der Waals surface area contributed by atoms with E-state index in [1.165, 1.54) is 16.0 Å². The van der Waals surface area contributed by atoms with Crippen LogP contribution < -0.4 is 0 Å². The second-order valence-corrected chi connectivity index (χ2v) is 8.10. The molecular formula is C17H20BrN3S. The van der Waals surface area contributed by atoms with Gasteiger partial charge in [0, 0.05) is 37.6 Å². The number of benzene rings is 1. The van der Waals surface area contributed by atoms with Gasteiger partial charge in [0.2, 0.25) is 0 Å². The minimum absolute atomic E-state index is 0.995. The summed E-state index contributed by atoms with van der Waals surface area (Å²) >= 11 is 5.19. The zero-order chi connectivity index (χ0) is 15.4. The topological polar surface area (TPSA) is 18.8 Å². The summed E-state index contributed by atoms with van der Waals surface area (Å²) in [6.07, 6.45) is 1.96. The molecule has 0 spiro atoms. The number of thiophene rings is 1. The number of halogens is 1. The van der Waals surface area contributed by atoms with Gasteiger partial charge in [0.15, 0.2) is 0 Å². The summed E-state index contributed by atoms with van der Waals surface area (Å²) in [6, 6.07) is 13.0. The van der Waals surface area contributed by atoms with Gasteiger partial charge in [0.25, 0.3) is 0 Å². The van der Waals surface area contributed by atoms with Crippen molar-refractivity contribution in [1.82, 2.24) is 9.91 Å². The fourth-order valence-corrected chi connectivity index (χ4v) is 3.79. The van der Waals surface area contributed by atoms with Crippen LogP contribution in [0.2, 0.25) is 0 Å². The first-order chi connectivity index (χ1) is 10.7. The Bertz CT molecular complexity index is 628. The van der Waals surface area contributed by atoms with Gasteiger partial charge in [0.1, 0.15) is 0 Å². The molecule has 0 bridgehead atoms. The quantitative estimate of drug-likeness (QED) is 0.750. The highest BCUT2D eigenvalue weighted by atomic mass is 79.9. The van der Waals surface area contributed by atoms with E-state index in [1.54, 1.807) is 11.3 Å². The lowest BCUT2D eigenvalue weighted by molar-refractivity contribution is 0.131. The van der Waals surface area contributed by atoms with Crippen molar-refractivity contribution < 1.29 is 0 Å². The van der Waals surface area contributed by atoms with E-state index in [4.69, 9.17) is 0 Å². The normalized spacial score (nSPS) is 16.5. The minimum atomic E-state index is 0.995. The van der Waals surface area contributed by atoms with Crippen LogP contribution in [0.4, 0.5) is 0 Å². The molecule has 0 unspecified atom stereocenters. The van der Waals surface area contributed by atoms with Crippen LogP contribution in [0.5, 0.6) is 0 Å². The van der Waals surface area contributed by atoms with Gasteiger partial charge >= 0.3 is 0 Å². The highest BCUT2D eigenvalue weighted by Gasteiger charge is 2.15. The van der Waals surface area contributed by atoms with Gasteiger partial charge < -0.3 is 0 Å². The molecular weight excluding hydrogens is 358 g/mol. The van der Waals surface area contributed by atoms with Crippen molar-refractivity contribution >= 4 is 33.5 Å². The first kappa shape index (κ1) is 15.7. The summed E-state index contributed by atoms with van der Waals surface area (Å²) in [6.45, 7) is 7.30. The molecule has 0 saturated carbocycles. The van der Waals surface area contributed by atoms with Crippen LogP contribution in [0.25, 0.3) is 0 Å². The average Bonchev–Trinajstić information content (AvgIpc) is 2.94. The Labute approximate surface area is 144 Å². The maximum absolute atomic E-state index is 4.59. The molecule has 3 nitrogen and oxygen atoms in total. The van der Waals surface area contributed by atoms with E-state index in [2.05, 4.69) is 74.3 Å². The summed E-state index contributed by atoms with van der Waals surface area (Å²) in [5.74, 6) is 0. The fraction of sp³-hybridized carbons (Fsp3) is 0.353. The number of aryl methyl sites for hydroxylation is 1. The molecule has 3 rings (SSSR count). The van der Waals surface area contributed by atoms with E-state index < -0.39 is 0 Å². The second kappa shape index (κ2) is 7.40. The van der Waals surface area contributed by atoms with Gasteiger partial charge in [-0.15, -0.1) is 11.3 Å². The molecule has 1 aromatic heterocycles. The van der Waals surface area contributed by atoms with Crippen LogP contribution in [0.3, 0.4) is 0 Å². The van der Waals surface area contributed by atoms with Crippen LogP contribution >= 0.6 is 27.3 Å². The van der Waals surface area contributed by atoms with Crippen molar-refractivity contribution in [2.45, 2.75) is 13.5 Å². The molecule has 1 fully saturated rings. The number of hydrogen-bond donors (Lipinski definition) is 0. The lowest BCUT2D eigenvalue weighted by Gasteiger charge is -2.33. The van der Waals surface area contributed by atoms with Crippen molar-refractivity contribution in [3.05, 3.63) is 56.2 Å². The third kappa shape index (κ3) is 4.41. The lowest BCUT2D eigenvalue weighted by atomic mass is 10.1. The Morgan fingerprint density at radius 3 is 2.45 bits per heavy atom. The Morgan fingerprint density at radius 1 is 1.09 bits per heavy atom. The Morgan fingerprint density at radius 2 is 1.82 bits per heavy atom. The maximum atomic E-state index is 4.59. The third-order valence-corrected chi connectivity index (χ3v) is 5.38. The molecule has 5 heteroatoms. The molecule has 1 aromatic carbocycles. The molecule has 1 aliphatic rings. The van der Waals surface area contributed by atoms with Crippen LogP contribution in [0.1, 0.15) is 16.0 Å². The van der Waals surface area contributed by atoms with Crippen LogP contribution in [0, 0.1) is 6.92 Å². The Kier molecular flexibility index (Phi) is 5.28. The second-order valence-electron chi connectivity index (χ2n) is 5.60. The molecule has 0 aliphatic carbocycles. The van der Waals surface area contributed by atoms with Crippen molar-refractivity contribution in [2.24, 2.45) is 5.10 Å². The summed E-state index contributed by atoms with van der Waals surface area (Å²) in [5.41, 5.74) is 2.72. The van der Waals surface area contributed by atoms with Gasteiger partial charge in [-0.25, -0.2) is 0 Å². The molecule has 2 aromatic rings. The summed E-state index contributed by atoms with van der Waals surface area (Å²) in [4.78, 5) is 3.69. The smallest absolute Gasteiger partial charge is 0.0705 e. The first-order valence-corrected chi connectivity index (χ1v) is 9.12. The highest BCUT2D eigenvalue weighted by molar-refractivity contribution is 9.11. The number of piperazine rings is 1. The first-order valence-electron chi connectivity index (χ1n) is 7.51. The predicted octanol–water partition coefficient (Wildman–Crippen LogP) is 3.97. The monoisotopic (exact) mass is 377 g/mol. The Balaban J connectivity index is 1.48. The minimum Gasteiger partial charge on any atom is -0.295 e. The molecule has 2 heterocycles. The number of nitrogens with zero attached hydrogens (tertiary/aromatic N) is 3. The average molecular weight is 378 g/mol. The van der Waals surface area contributed by atoms with Gasteiger partial charge in [-0.3, -0.25) is 9.91 Å². The largest absolute Gasteiger partial charge is 0.295 e. The van der Waals surface area contributed by atoms with Crippen LogP contribution in [-0.2, 0) is 6.54 Å². The molecule has 0 amide bonds. The van der Waals surface area contributed by atoms with E-state index in [9.17, 15) is 0 Å². The van der Waals surface area contributed by atoms with Crippen molar-refractivity contribution in [2.75, 3.05) is 26.2 Å². The zero-order valence-electron chi connectivity index (χ0n) is 12.7. The molecule has 22 heavy (non-hydrogen) atoms. The van der Waals surface area contributed by atoms with E-state index in [-0.39, 0.29) is 0 Å². The van der Waals surface area contributed by atoms with E-state index in [0.717, 1.165) is 36.5 Å². The highest BCUT2D eigenvalue weighted by Crippen LogP contribution is 2.20. The van der Waals surface area contributed by atoms with E-state index in [1.807, 2.05) is 6.21 Å². The van der Waals surface area contributed by atoms with Gasteiger partial charge in [-0.05, 0) is 40.5 Å². The number of rotatable bonds is 4. The summed E-state index contributed by atoms with van der Waals surface area (Å²) in [5, 5.41) is 6.76. The van der Waals surface area contributed by atoms with Crippen molar-refractivity contribution in [1.29, 1.82) is 0 Å². The molecule has 0 N–H and O–H groups in total.